The van der Waals surface area contributed by atoms with Crippen molar-refractivity contribution in [1.29, 1.82) is 0 Å². The van der Waals surface area contributed by atoms with Crippen LogP contribution in [0.25, 0.3) is 0 Å². The molecule has 0 bridgehead atoms. The van der Waals surface area contributed by atoms with Crippen LogP contribution in [0.5, 0.6) is 0 Å². The number of amides is 2. The van der Waals surface area contributed by atoms with Gasteiger partial charge < -0.3 is 15.3 Å². The summed E-state index contributed by atoms with van der Waals surface area (Å²) in [5.74, 6) is -0.0824. The maximum Gasteiger partial charge on any atom is 0.318 e. The fraction of sp³-hybridized carbons (Fsp3) is 0.688. The van der Waals surface area contributed by atoms with Gasteiger partial charge in [-0.1, -0.05) is 27.7 Å². The van der Waals surface area contributed by atoms with Crippen LogP contribution in [0.1, 0.15) is 51.2 Å². The van der Waals surface area contributed by atoms with E-state index in [4.69, 9.17) is 0 Å². The molecule has 0 aliphatic rings. The Morgan fingerprint density at radius 2 is 1.91 bits per heavy atom. The van der Waals surface area contributed by atoms with E-state index in [0.29, 0.717) is 12.5 Å². The number of ketones is 1. The molecule has 2 amide bonds. The molecule has 2 atom stereocenters. The molecule has 0 spiro atoms. The second-order valence-electron chi connectivity index (χ2n) is 6.41. The number of nitrogens with one attached hydrogen (secondary N) is 1. The molecular formula is C16H27N3O3S. The molecule has 0 aromatic carbocycles. The Balaban J connectivity index is 2.69. The van der Waals surface area contributed by atoms with Gasteiger partial charge in [-0.25, -0.2) is 9.78 Å². The summed E-state index contributed by atoms with van der Waals surface area (Å²) in [6.07, 6.45) is -0.936. The minimum absolute atomic E-state index is 0.183. The van der Waals surface area contributed by atoms with Crippen LogP contribution in [0.3, 0.4) is 0 Å². The number of urea groups is 1. The molecule has 0 fully saturated rings. The van der Waals surface area contributed by atoms with Crippen LogP contribution in [-0.4, -0.2) is 46.0 Å². The summed E-state index contributed by atoms with van der Waals surface area (Å²) >= 11 is 1.58. The fourth-order valence-electron chi connectivity index (χ4n) is 2.01. The van der Waals surface area contributed by atoms with Gasteiger partial charge in [0.05, 0.1) is 23.4 Å². The summed E-state index contributed by atoms with van der Waals surface area (Å²) in [4.78, 5) is 30.3. The molecule has 2 unspecified atom stereocenters. The second kappa shape index (κ2) is 8.40. The van der Waals surface area contributed by atoms with Crippen molar-refractivity contribution in [2.75, 3.05) is 7.05 Å². The first kappa shape index (κ1) is 19.6. The highest BCUT2D eigenvalue weighted by molar-refractivity contribution is 7.09. The van der Waals surface area contributed by atoms with Crippen molar-refractivity contribution in [1.82, 2.24) is 15.2 Å². The van der Waals surface area contributed by atoms with Gasteiger partial charge in [0.25, 0.3) is 0 Å². The van der Waals surface area contributed by atoms with E-state index in [0.717, 1.165) is 10.7 Å². The van der Waals surface area contributed by atoms with E-state index in [2.05, 4.69) is 24.1 Å². The van der Waals surface area contributed by atoms with Gasteiger partial charge in [0, 0.05) is 24.3 Å². The molecule has 0 saturated carbocycles. The fourth-order valence-corrected chi connectivity index (χ4v) is 2.83. The summed E-state index contributed by atoms with van der Waals surface area (Å²) in [7, 11) is 1.64. The largest absolute Gasteiger partial charge is 0.391 e. The molecule has 0 saturated heterocycles. The molecule has 130 valence electrons. The molecular weight excluding hydrogens is 314 g/mol. The van der Waals surface area contributed by atoms with Gasteiger partial charge >= 0.3 is 6.03 Å². The Morgan fingerprint density at radius 3 is 2.35 bits per heavy atom. The molecule has 0 aliphatic heterocycles. The van der Waals surface area contributed by atoms with Crippen LogP contribution < -0.4 is 5.32 Å². The van der Waals surface area contributed by atoms with Gasteiger partial charge in [-0.3, -0.25) is 4.79 Å². The zero-order valence-electron chi connectivity index (χ0n) is 14.7. The molecule has 2 N–H and O–H groups in total. The van der Waals surface area contributed by atoms with Crippen molar-refractivity contribution in [3.63, 3.8) is 0 Å². The SMILES string of the molecule is CC(C)C(=O)C(NC(=O)N(C)Cc1csc(C(C)C)n1)C(C)O. The number of nitrogens with zero attached hydrogens (tertiary/aromatic N) is 2. The summed E-state index contributed by atoms with van der Waals surface area (Å²) < 4.78 is 0. The zero-order chi connectivity index (χ0) is 17.7. The Kier molecular flexibility index (Phi) is 7.15. The minimum atomic E-state index is -0.936. The third-order valence-corrected chi connectivity index (χ3v) is 4.64. The Morgan fingerprint density at radius 1 is 1.30 bits per heavy atom. The van der Waals surface area contributed by atoms with Crippen molar-refractivity contribution in [2.45, 2.75) is 59.2 Å². The zero-order valence-corrected chi connectivity index (χ0v) is 15.5. The number of hydrogen-bond donors (Lipinski definition) is 2. The predicted molar refractivity (Wildman–Crippen MR) is 91.5 cm³/mol. The summed E-state index contributed by atoms with van der Waals surface area (Å²) in [6, 6.07) is -1.30. The standard InChI is InChI=1S/C16H27N3O3S/c1-9(2)14(21)13(11(5)20)18-16(22)19(6)7-12-8-23-15(17-12)10(3)4/h8-11,13,20H,7H2,1-6H3,(H,18,22). The van der Waals surface area contributed by atoms with Gasteiger partial charge in [0.2, 0.25) is 0 Å². The van der Waals surface area contributed by atoms with E-state index in [1.807, 2.05) is 5.38 Å². The highest BCUT2D eigenvalue weighted by Crippen LogP contribution is 2.19. The smallest absolute Gasteiger partial charge is 0.318 e. The normalized spacial score (nSPS) is 14.0. The highest BCUT2D eigenvalue weighted by atomic mass is 32.1. The van der Waals surface area contributed by atoms with Gasteiger partial charge in [-0.2, -0.15) is 0 Å². The third kappa shape index (κ3) is 5.58. The lowest BCUT2D eigenvalue weighted by atomic mass is 9.98. The number of rotatable bonds is 7. The van der Waals surface area contributed by atoms with E-state index >= 15 is 0 Å². The van der Waals surface area contributed by atoms with Crippen molar-refractivity contribution < 1.29 is 14.7 Å². The van der Waals surface area contributed by atoms with E-state index in [1.165, 1.54) is 11.8 Å². The number of thiazole rings is 1. The summed E-state index contributed by atoms with van der Waals surface area (Å²) in [6.45, 7) is 9.50. The third-order valence-electron chi connectivity index (χ3n) is 3.45. The summed E-state index contributed by atoms with van der Waals surface area (Å²) in [5.41, 5.74) is 0.820. The monoisotopic (exact) mass is 341 g/mol. The number of aliphatic hydroxyl groups is 1. The first-order valence-electron chi connectivity index (χ1n) is 7.81. The van der Waals surface area contributed by atoms with Crippen molar-refractivity contribution >= 4 is 23.2 Å². The average molecular weight is 341 g/mol. The van der Waals surface area contributed by atoms with Crippen LogP contribution in [-0.2, 0) is 11.3 Å². The average Bonchev–Trinajstić information content (AvgIpc) is 2.91. The number of Topliss-reactive ketones (excluding diaryl/α,β-unsaturated/α-hetero) is 1. The van der Waals surface area contributed by atoms with Crippen LogP contribution in [0, 0.1) is 5.92 Å². The lowest BCUT2D eigenvalue weighted by molar-refractivity contribution is -0.126. The van der Waals surface area contributed by atoms with E-state index in [1.54, 1.807) is 32.2 Å². The lowest BCUT2D eigenvalue weighted by Gasteiger charge is -2.25. The van der Waals surface area contributed by atoms with Gasteiger partial charge in [0.1, 0.15) is 6.04 Å². The van der Waals surface area contributed by atoms with Gasteiger partial charge in [0.15, 0.2) is 5.78 Å². The number of aliphatic hydroxyl groups excluding tert-OH is 1. The van der Waals surface area contributed by atoms with Crippen LogP contribution in [0.4, 0.5) is 4.79 Å². The van der Waals surface area contributed by atoms with Gasteiger partial charge in [-0.15, -0.1) is 11.3 Å². The number of carbonyl (C=O) groups is 2. The molecule has 1 aromatic heterocycles. The van der Waals surface area contributed by atoms with Crippen molar-refractivity contribution in [2.24, 2.45) is 5.92 Å². The quantitative estimate of drug-likeness (QED) is 0.798. The second-order valence-corrected chi connectivity index (χ2v) is 7.30. The van der Waals surface area contributed by atoms with Crippen LogP contribution in [0.15, 0.2) is 5.38 Å². The molecule has 1 heterocycles. The van der Waals surface area contributed by atoms with E-state index in [9.17, 15) is 14.7 Å². The highest BCUT2D eigenvalue weighted by Gasteiger charge is 2.28. The Hall–Kier alpha value is -1.47. The number of hydrogen-bond acceptors (Lipinski definition) is 5. The number of carbonyl (C=O) groups excluding carboxylic acids is 2. The maximum atomic E-state index is 12.3. The summed E-state index contributed by atoms with van der Waals surface area (Å²) in [5, 5.41) is 15.3. The Labute approximate surface area is 141 Å². The Bertz CT molecular complexity index is 540. The lowest BCUT2D eigenvalue weighted by Crippen LogP contribution is -2.52. The molecule has 0 radical (unpaired) electrons. The maximum absolute atomic E-state index is 12.3. The van der Waals surface area contributed by atoms with Crippen molar-refractivity contribution in [3.05, 3.63) is 16.1 Å². The molecule has 1 rings (SSSR count). The molecule has 0 aliphatic carbocycles. The first-order valence-corrected chi connectivity index (χ1v) is 8.69. The van der Waals surface area contributed by atoms with Crippen molar-refractivity contribution in [3.8, 4) is 0 Å². The predicted octanol–water partition coefficient (Wildman–Crippen LogP) is 2.38. The molecule has 1 aromatic rings. The van der Waals surface area contributed by atoms with E-state index in [-0.39, 0.29) is 11.7 Å². The first-order chi connectivity index (χ1) is 10.6. The molecule has 6 nitrogen and oxygen atoms in total. The number of aromatic nitrogens is 1. The molecule has 7 heteroatoms. The van der Waals surface area contributed by atoms with Crippen LogP contribution >= 0.6 is 11.3 Å². The molecule has 23 heavy (non-hydrogen) atoms. The minimum Gasteiger partial charge on any atom is -0.391 e. The van der Waals surface area contributed by atoms with Crippen LogP contribution in [0.2, 0.25) is 0 Å². The van der Waals surface area contributed by atoms with E-state index < -0.39 is 18.2 Å². The van der Waals surface area contributed by atoms with Gasteiger partial charge in [-0.05, 0) is 6.92 Å². The topological polar surface area (TPSA) is 82.5 Å².